The van der Waals surface area contributed by atoms with Crippen molar-refractivity contribution in [2.24, 2.45) is 22.7 Å². The summed E-state index contributed by atoms with van der Waals surface area (Å²) >= 11 is 0. The molecule has 4 heteroatoms. The third-order valence-corrected chi connectivity index (χ3v) is 8.55. The molecule has 3 atom stereocenters. The minimum atomic E-state index is -0.410. The highest BCUT2D eigenvalue weighted by Gasteiger charge is 2.48. The van der Waals surface area contributed by atoms with Crippen LogP contribution in [-0.4, -0.2) is 35.0 Å². The molecule has 2 aromatic rings. The lowest BCUT2D eigenvalue weighted by atomic mass is 9.78. The zero-order valence-electron chi connectivity index (χ0n) is 24.8. The van der Waals surface area contributed by atoms with Crippen LogP contribution in [0.15, 0.2) is 48.5 Å². The fraction of sp³-hybridized carbons (Fsp3) is 0.559. The Balaban J connectivity index is 1.87. The second kappa shape index (κ2) is 12.0. The van der Waals surface area contributed by atoms with Crippen molar-refractivity contribution < 1.29 is 14.4 Å². The van der Waals surface area contributed by atoms with Gasteiger partial charge in [-0.1, -0.05) is 90.1 Å². The van der Waals surface area contributed by atoms with Gasteiger partial charge < -0.3 is 4.90 Å². The van der Waals surface area contributed by atoms with E-state index in [-0.39, 0.29) is 40.1 Å². The maximum atomic E-state index is 14.1. The molecule has 4 nitrogen and oxygen atoms in total. The van der Waals surface area contributed by atoms with Gasteiger partial charge in [-0.05, 0) is 66.5 Å². The van der Waals surface area contributed by atoms with Crippen molar-refractivity contribution in [3.8, 4) is 0 Å². The van der Waals surface area contributed by atoms with E-state index in [2.05, 4.69) is 46.8 Å². The lowest BCUT2D eigenvalue weighted by molar-refractivity contribution is -0.143. The first kappa shape index (κ1) is 29.8. The van der Waals surface area contributed by atoms with Crippen LogP contribution in [0.5, 0.6) is 0 Å². The van der Waals surface area contributed by atoms with E-state index in [1.165, 1.54) is 0 Å². The molecule has 38 heavy (non-hydrogen) atoms. The number of Topliss-reactive ketones (excluding diaryl/α,β-unsaturated/α-hetero) is 2. The number of hydrogen-bond donors (Lipinski definition) is 0. The Morgan fingerprint density at radius 2 is 1.66 bits per heavy atom. The number of hydrogen-bond acceptors (Lipinski definition) is 3. The van der Waals surface area contributed by atoms with E-state index < -0.39 is 6.04 Å². The highest BCUT2D eigenvalue weighted by atomic mass is 16.2. The SMILES string of the molecule is Cc1cccc(C(=O)CC(Cc2ccccc2)C(C)C(=O)N2CCC(C)(C)C2C(=O)CCC(C)(C)C)c1C. The summed E-state index contributed by atoms with van der Waals surface area (Å²) in [5.74, 6) is -0.304. The van der Waals surface area contributed by atoms with E-state index >= 15 is 0 Å². The zero-order valence-corrected chi connectivity index (χ0v) is 24.8. The molecule has 1 amide bonds. The second-order valence-corrected chi connectivity index (χ2v) is 13.3. The summed E-state index contributed by atoms with van der Waals surface area (Å²) in [5.41, 5.74) is 3.76. The molecular weight excluding hydrogens is 470 g/mol. The van der Waals surface area contributed by atoms with Gasteiger partial charge in [-0.25, -0.2) is 0 Å². The minimum Gasteiger partial charge on any atom is -0.332 e. The van der Waals surface area contributed by atoms with E-state index in [1.807, 2.05) is 62.1 Å². The molecule has 1 heterocycles. The first-order chi connectivity index (χ1) is 17.7. The smallest absolute Gasteiger partial charge is 0.226 e. The van der Waals surface area contributed by atoms with Crippen LogP contribution in [0.4, 0.5) is 0 Å². The quantitative estimate of drug-likeness (QED) is 0.309. The summed E-state index contributed by atoms with van der Waals surface area (Å²) in [6, 6.07) is 15.5. The van der Waals surface area contributed by atoms with Crippen LogP contribution in [0.2, 0.25) is 0 Å². The molecule has 206 valence electrons. The van der Waals surface area contributed by atoms with Gasteiger partial charge >= 0.3 is 0 Å². The van der Waals surface area contributed by atoms with Gasteiger partial charge in [0.1, 0.15) is 0 Å². The van der Waals surface area contributed by atoms with E-state index in [0.717, 1.165) is 35.1 Å². The number of rotatable bonds is 10. The van der Waals surface area contributed by atoms with Crippen LogP contribution in [0.25, 0.3) is 0 Å². The molecule has 1 aliphatic rings. The first-order valence-corrected chi connectivity index (χ1v) is 14.2. The molecule has 0 radical (unpaired) electrons. The van der Waals surface area contributed by atoms with Crippen molar-refractivity contribution in [1.29, 1.82) is 0 Å². The standard InChI is InChI=1S/C34H47NO3/c1-23-13-12-16-28(24(23)2)30(37)22-27(21-26-14-10-9-11-15-26)25(3)32(38)35-20-19-34(7,8)31(35)29(36)17-18-33(4,5)6/h9-16,25,27,31H,17-22H2,1-8H3. The summed E-state index contributed by atoms with van der Waals surface area (Å²) in [6.07, 6.45) is 3.03. The normalized spacial score (nSPS) is 18.7. The van der Waals surface area contributed by atoms with E-state index in [1.54, 1.807) is 0 Å². The monoisotopic (exact) mass is 517 g/mol. The van der Waals surface area contributed by atoms with Gasteiger partial charge in [0.25, 0.3) is 0 Å². The van der Waals surface area contributed by atoms with Crippen LogP contribution >= 0.6 is 0 Å². The highest BCUT2D eigenvalue weighted by molar-refractivity contribution is 5.98. The molecule has 0 spiro atoms. The number of likely N-dealkylation sites (tertiary alicyclic amines) is 1. The molecular formula is C34H47NO3. The Labute approximate surface area is 230 Å². The molecule has 3 unspecified atom stereocenters. The summed E-state index contributed by atoms with van der Waals surface area (Å²) < 4.78 is 0. The average Bonchev–Trinajstić information content (AvgIpc) is 3.17. The second-order valence-electron chi connectivity index (χ2n) is 13.3. The Bertz CT molecular complexity index is 1140. The molecule has 2 aromatic carbocycles. The van der Waals surface area contributed by atoms with Crippen molar-refractivity contribution in [3.63, 3.8) is 0 Å². The predicted molar refractivity (Wildman–Crippen MR) is 155 cm³/mol. The average molecular weight is 518 g/mol. The van der Waals surface area contributed by atoms with Crippen LogP contribution in [0.3, 0.4) is 0 Å². The first-order valence-electron chi connectivity index (χ1n) is 14.2. The summed E-state index contributed by atoms with van der Waals surface area (Å²) in [5, 5.41) is 0. The maximum absolute atomic E-state index is 14.1. The zero-order chi connectivity index (χ0) is 28.3. The van der Waals surface area contributed by atoms with Gasteiger partial charge in [0.15, 0.2) is 11.6 Å². The molecule has 1 saturated heterocycles. The van der Waals surface area contributed by atoms with Gasteiger partial charge in [-0.15, -0.1) is 0 Å². The molecule has 3 rings (SSSR count). The minimum absolute atomic E-state index is 0.000575. The number of carbonyl (C=O) groups excluding carboxylic acids is 3. The summed E-state index contributed by atoms with van der Waals surface area (Å²) in [6.45, 7) is 17.2. The van der Waals surface area contributed by atoms with Gasteiger partial charge in [0.05, 0.1) is 6.04 Å². The molecule has 0 bridgehead atoms. The van der Waals surface area contributed by atoms with Crippen molar-refractivity contribution >= 4 is 17.5 Å². The van der Waals surface area contributed by atoms with Crippen molar-refractivity contribution in [2.75, 3.05) is 6.54 Å². The van der Waals surface area contributed by atoms with E-state index in [4.69, 9.17) is 0 Å². The highest BCUT2D eigenvalue weighted by Crippen LogP contribution is 2.40. The fourth-order valence-corrected chi connectivity index (χ4v) is 5.79. The van der Waals surface area contributed by atoms with Crippen molar-refractivity contribution in [3.05, 3.63) is 70.8 Å². The van der Waals surface area contributed by atoms with E-state index in [9.17, 15) is 14.4 Å². The summed E-state index contributed by atoms with van der Waals surface area (Å²) in [4.78, 5) is 43.0. The predicted octanol–water partition coefficient (Wildman–Crippen LogP) is 7.39. The topological polar surface area (TPSA) is 54.5 Å². The van der Waals surface area contributed by atoms with Gasteiger partial charge in [-0.3, -0.25) is 14.4 Å². The Morgan fingerprint density at radius 1 is 1.00 bits per heavy atom. The van der Waals surface area contributed by atoms with Crippen LogP contribution in [0, 0.1) is 36.5 Å². The Kier molecular flexibility index (Phi) is 9.39. The third kappa shape index (κ3) is 7.21. The largest absolute Gasteiger partial charge is 0.332 e. The number of nitrogens with zero attached hydrogens (tertiary/aromatic N) is 1. The van der Waals surface area contributed by atoms with Crippen molar-refractivity contribution in [2.45, 2.75) is 93.5 Å². The molecule has 1 aliphatic heterocycles. The van der Waals surface area contributed by atoms with Gasteiger partial charge in [0, 0.05) is 30.9 Å². The number of benzene rings is 2. The molecule has 0 aromatic heterocycles. The molecule has 0 aliphatic carbocycles. The lowest BCUT2D eigenvalue weighted by Crippen LogP contribution is -2.49. The summed E-state index contributed by atoms with van der Waals surface area (Å²) in [7, 11) is 0. The Hall–Kier alpha value is -2.75. The van der Waals surface area contributed by atoms with Crippen LogP contribution in [-0.2, 0) is 16.0 Å². The lowest BCUT2D eigenvalue weighted by Gasteiger charge is -2.35. The fourth-order valence-electron chi connectivity index (χ4n) is 5.79. The Morgan fingerprint density at radius 3 is 2.29 bits per heavy atom. The van der Waals surface area contributed by atoms with Crippen molar-refractivity contribution in [1.82, 2.24) is 4.90 Å². The molecule has 0 saturated carbocycles. The number of amides is 1. The van der Waals surface area contributed by atoms with Crippen LogP contribution in [0.1, 0.15) is 94.3 Å². The van der Waals surface area contributed by atoms with Gasteiger partial charge in [-0.2, -0.15) is 0 Å². The number of aryl methyl sites for hydroxylation is 1. The molecule has 1 fully saturated rings. The molecule has 0 N–H and O–H groups in total. The maximum Gasteiger partial charge on any atom is 0.226 e. The van der Waals surface area contributed by atoms with Gasteiger partial charge in [0.2, 0.25) is 5.91 Å². The third-order valence-electron chi connectivity index (χ3n) is 8.55. The number of ketones is 2. The number of carbonyl (C=O) groups is 3. The van der Waals surface area contributed by atoms with Crippen LogP contribution < -0.4 is 0 Å². The van der Waals surface area contributed by atoms with E-state index in [0.29, 0.717) is 25.8 Å².